The van der Waals surface area contributed by atoms with Gasteiger partial charge in [0.1, 0.15) is 5.75 Å². The van der Waals surface area contributed by atoms with Crippen molar-refractivity contribution in [3.8, 4) is 5.75 Å². The maximum absolute atomic E-state index is 12.3. The van der Waals surface area contributed by atoms with E-state index in [9.17, 15) is 4.79 Å². The summed E-state index contributed by atoms with van der Waals surface area (Å²) in [5.41, 5.74) is 5.02. The van der Waals surface area contributed by atoms with Crippen LogP contribution < -0.4 is 10.1 Å². The summed E-state index contributed by atoms with van der Waals surface area (Å²) in [6.07, 6.45) is 5.71. The highest BCUT2D eigenvalue weighted by Crippen LogP contribution is 2.26. The molecule has 0 saturated carbocycles. The van der Waals surface area contributed by atoms with E-state index in [2.05, 4.69) is 30.4 Å². The molecule has 1 aliphatic carbocycles. The van der Waals surface area contributed by atoms with E-state index in [1.807, 2.05) is 13.0 Å². The molecule has 0 aromatic heterocycles. The van der Waals surface area contributed by atoms with Gasteiger partial charge in [0.15, 0.2) is 6.61 Å². The summed E-state index contributed by atoms with van der Waals surface area (Å²) < 4.78 is 5.60. The van der Waals surface area contributed by atoms with Crippen LogP contribution in [-0.2, 0) is 17.6 Å². The molecular weight excluding hydrogens is 346 g/mol. The lowest BCUT2D eigenvalue weighted by molar-refractivity contribution is -0.123. The first-order valence-corrected chi connectivity index (χ1v) is 9.74. The Morgan fingerprint density at radius 2 is 1.92 bits per heavy atom. The molecule has 0 aliphatic heterocycles. The van der Waals surface area contributed by atoms with Gasteiger partial charge in [-0.15, -0.1) is 0 Å². The van der Waals surface area contributed by atoms with Gasteiger partial charge in [-0.05, 0) is 79.5 Å². The molecule has 0 fully saturated rings. The Morgan fingerprint density at radius 1 is 1.15 bits per heavy atom. The van der Waals surface area contributed by atoms with E-state index in [1.54, 1.807) is 12.1 Å². The third kappa shape index (κ3) is 4.59. The molecule has 0 saturated heterocycles. The van der Waals surface area contributed by atoms with Crippen LogP contribution in [0.4, 0.5) is 0 Å². The second kappa shape index (κ2) is 8.59. The molecular formula is C22H26ClNO2. The SMILES string of the molecule is CC[C@@H](NC(=O)COc1ccc(Cl)c(C)c1)c1ccc2c(c1)CCCC2. The standard InChI is InChI=1S/C22H26ClNO2/c1-3-21(18-9-8-16-6-4-5-7-17(16)13-18)24-22(25)14-26-19-10-11-20(23)15(2)12-19/h8-13,21H,3-7,14H2,1-2H3,(H,24,25)/t21-/m1/s1. The molecule has 4 heteroatoms. The molecule has 1 atom stereocenters. The molecule has 2 aromatic carbocycles. The Balaban J connectivity index is 1.60. The van der Waals surface area contributed by atoms with Gasteiger partial charge in [0.2, 0.25) is 0 Å². The number of carbonyl (C=O) groups is 1. The largest absolute Gasteiger partial charge is 0.484 e. The van der Waals surface area contributed by atoms with Crippen molar-refractivity contribution in [1.82, 2.24) is 5.32 Å². The fourth-order valence-electron chi connectivity index (χ4n) is 3.48. The Kier molecular flexibility index (Phi) is 6.20. The number of carbonyl (C=O) groups excluding carboxylic acids is 1. The molecule has 0 spiro atoms. The summed E-state index contributed by atoms with van der Waals surface area (Å²) in [5, 5.41) is 3.79. The van der Waals surface area contributed by atoms with Gasteiger partial charge in [-0.1, -0.05) is 36.7 Å². The minimum atomic E-state index is -0.109. The second-order valence-electron chi connectivity index (χ2n) is 6.96. The van der Waals surface area contributed by atoms with Gasteiger partial charge in [0.05, 0.1) is 6.04 Å². The van der Waals surface area contributed by atoms with Gasteiger partial charge in [-0.25, -0.2) is 0 Å². The topological polar surface area (TPSA) is 38.3 Å². The van der Waals surface area contributed by atoms with Crippen LogP contribution in [0.15, 0.2) is 36.4 Å². The molecule has 1 aliphatic rings. The van der Waals surface area contributed by atoms with Crippen molar-refractivity contribution in [2.24, 2.45) is 0 Å². The first-order chi connectivity index (χ1) is 12.6. The zero-order chi connectivity index (χ0) is 18.5. The molecule has 2 aromatic rings. The summed E-state index contributed by atoms with van der Waals surface area (Å²) in [7, 11) is 0. The van der Waals surface area contributed by atoms with Crippen molar-refractivity contribution < 1.29 is 9.53 Å². The van der Waals surface area contributed by atoms with Crippen LogP contribution in [0.25, 0.3) is 0 Å². The summed E-state index contributed by atoms with van der Waals surface area (Å²) in [6.45, 7) is 4.01. The average Bonchev–Trinajstić information content (AvgIpc) is 2.66. The van der Waals surface area contributed by atoms with Crippen molar-refractivity contribution in [1.29, 1.82) is 0 Å². The number of aryl methyl sites for hydroxylation is 3. The van der Waals surface area contributed by atoms with Crippen LogP contribution in [-0.4, -0.2) is 12.5 Å². The number of hydrogen-bond donors (Lipinski definition) is 1. The van der Waals surface area contributed by atoms with Gasteiger partial charge in [0.25, 0.3) is 5.91 Å². The van der Waals surface area contributed by atoms with Crippen molar-refractivity contribution in [2.45, 2.75) is 52.0 Å². The Bertz CT molecular complexity index is 788. The molecule has 1 N–H and O–H groups in total. The number of halogens is 1. The maximum atomic E-state index is 12.3. The molecule has 0 radical (unpaired) electrons. The predicted molar refractivity (Wildman–Crippen MR) is 106 cm³/mol. The van der Waals surface area contributed by atoms with Crippen molar-refractivity contribution >= 4 is 17.5 Å². The summed E-state index contributed by atoms with van der Waals surface area (Å²) in [6, 6.07) is 12.1. The second-order valence-corrected chi connectivity index (χ2v) is 7.37. The number of fused-ring (bicyclic) bond motifs is 1. The van der Waals surface area contributed by atoms with Crippen LogP contribution >= 0.6 is 11.6 Å². The smallest absolute Gasteiger partial charge is 0.258 e. The van der Waals surface area contributed by atoms with Gasteiger partial charge in [-0.3, -0.25) is 4.79 Å². The average molecular weight is 372 g/mol. The fourth-order valence-corrected chi connectivity index (χ4v) is 3.60. The van der Waals surface area contributed by atoms with Crippen molar-refractivity contribution in [3.63, 3.8) is 0 Å². The molecule has 0 bridgehead atoms. The normalized spacial score (nSPS) is 14.4. The summed E-state index contributed by atoms with van der Waals surface area (Å²) >= 11 is 6.01. The lowest BCUT2D eigenvalue weighted by Crippen LogP contribution is -2.32. The van der Waals surface area contributed by atoms with Crippen molar-refractivity contribution in [3.05, 3.63) is 63.7 Å². The van der Waals surface area contributed by atoms with Crippen molar-refractivity contribution in [2.75, 3.05) is 6.61 Å². The van der Waals surface area contributed by atoms with E-state index in [-0.39, 0.29) is 18.6 Å². The highest BCUT2D eigenvalue weighted by molar-refractivity contribution is 6.31. The highest BCUT2D eigenvalue weighted by Gasteiger charge is 2.16. The van der Waals surface area contributed by atoms with Crippen LogP contribution in [0, 0.1) is 6.92 Å². The lowest BCUT2D eigenvalue weighted by Gasteiger charge is -2.22. The van der Waals surface area contributed by atoms with Crippen LogP contribution in [0.1, 0.15) is 54.5 Å². The predicted octanol–water partition coefficient (Wildman–Crippen LogP) is 5.17. The Morgan fingerprint density at radius 3 is 2.65 bits per heavy atom. The van der Waals surface area contributed by atoms with E-state index < -0.39 is 0 Å². The van der Waals surface area contributed by atoms with E-state index >= 15 is 0 Å². The number of benzene rings is 2. The molecule has 3 nitrogen and oxygen atoms in total. The van der Waals surface area contributed by atoms with Crippen LogP contribution in [0.2, 0.25) is 5.02 Å². The van der Waals surface area contributed by atoms with Crippen LogP contribution in [0.3, 0.4) is 0 Å². The number of nitrogens with one attached hydrogen (secondary N) is 1. The minimum absolute atomic E-state index is 0.00249. The first kappa shape index (κ1) is 18.8. The maximum Gasteiger partial charge on any atom is 0.258 e. The Hall–Kier alpha value is -2.00. The molecule has 3 rings (SSSR count). The fraction of sp³-hybridized carbons (Fsp3) is 0.409. The van der Waals surface area contributed by atoms with Gasteiger partial charge in [0, 0.05) is 5.02 Å². The summed E-state index contributed by atoms with van der Waals surface area (Å²) in [5.74, 6) is 0.547. The number of amides is 1. The number of hydrogen-bond acceptors (Lipinski definition) is 2. The first-order valence-electron chi connectivity index (χ1n) is 9.37. The van der Waals surface area contributed by atoms with E-state index in [0.29, 0.717) is 10.8 Å². The highest BCUT2D eigenvalue weighted by atomic mass is 35.5. The van der Waals surface area contributed by atoms with Crippen LogP contribution in [0.5, 0.6) is 5.75 Å². The van der Waals surface area contributed by atoms with E-state index in [1.165, 1.54) is 36.0 Å². The Labute approximate surface area is 160 Å². The molecule has 26 heavy (non-hydrogen) atoms. The zero-order valence-corrected chi connectivity index (χ0v) is 16.2. The van der Waals surface area contributed by atoms with Gasteiger partial charge >= 0.3 is 0 Å². The quantitative estimate of drug-likeness (QED) is 0.760. The van der Waals surface area contributed by atoms with Gasteiger partial charge < -0.3 is 10.1 Å². The van der Waals surface area contributed by atoms with E-state index in [4.69, 9.17) is 16.3 Å². The molecule has 138 valence electrons. The monoisotopic (exact) mass is 371 g/mol. The number of ether oxygens (including phenoxy) is 1. The molecule has 0 heterocycles. The zero-order valence-electron chi connectivity index (χ0n) is 15.5. The number of rotatable bonds is 6. The summed E-state index contributed by atoms with van der Waals surface area (Å²) in [4.78, 5) is 12.3. The van der Waals surface area contributed by atoms with Gasteiger partial charge in [-0.2, -0.15) is 0 Å². The molecule has 0 unspecified atom stereocenters. The third-order valence-electron chi connectivity index (χ3n) is 5.02. The molecule has 1 amide bonds. The van der Waals surface area contributed by atoms with E-state index in [0.717, 1.165) is 18.4 Å². The lowest BCUT2D eigenvalue weighted by atomic mass is 9.89. The minimum Gasteiger partial charge on any atom is -0.484 e. The third-order valence-corrected chi connectivity index (χ3v) is 5.44.